The van der Waals surface area contributed by atoms with E-state index in [4.69, 9.17) is 4.74 Å². The largest absolute Gasteiger partial charge is 0.480 e. The Morgan fingerprint density at radius 1 is 1.41 bits per heavy atom. The summed E-state index contributed by atoms with van der Waals surface area (Å²) in [6, 6.07) is 0.135. The minimum atomic E-state index is -0.915. The first-order valence-electron chi connectivity index (χ1n) is 6.32. The molecule has 1 saturated carbocycles. The number of nitrogens with one attached hydrogen (secondary N) is 1. The molecule has 0 amide bonds. The van der Waals surface area contributed by atoms with Gasteiger partial charge >= 0.3 is 5.97 Å². The van der Waals surface area contributed by atoms with Gasteiger partial charge in [-0.15, -0.1) is 0 Å². The van der Waals surface area contributed by atoms with Gasteiger partial charge in [0.15, 0.2) is 0 Å². The molecule has 0 heterocycles. The zero-order valence-corrected chi connectivity index (χ0v) is 11.5. The second kappa shape index (κ2) is 4.94. The van der Waals surface area contributed by atoms with E-state index < -0.39 is 11.5 Å². The third-order valence-corrected chi connectivity index (χ3v) is 2.93. The number of carboxylic acids is 1. The number of ether oxygens (including phenoxy) is 1. The molecule has 1 atom stereocenters. The van der Waals surface area contributed by atoms with Crippen molar-refractivity contribution in [3.05, 3.63) is 0 Å². The maximum Gasteiger partial charge on any atom is 0.326 e. The lowest BCUT2D eigenvalue weighted by Crippen LogP contribution is -2.60. The fourth-order valence-corrected chi connectivity index (χ4v) is 2.00. The highest BCUT2D eigenvalue weighted by molar-refractivity contribution is 5.80. The molecule has 0 saturated heterocycles. The zero-order chi connectivity index (χ0) is 13.3. The van der Waals surface area contributed by atoms with Crippen LogP contribution in [0.25, 0.3) is 0 Å². The maximum absolute atomic E-state index is 11.6. The van der Waals surface area contributed by atoms with Gasteiger partial charge in [-0.3, -0.25) is 10.1 Å². The molecule has 0 aromatic carbocycles. The number of carbonyl (C=O) groups is 1. The molecule has 1 rings (SSSR count). The highest BCUT2D eigenvalue weighted by Crippen LogP contribution is 2.41. The van der Waals surface area contributed by atoms with Crippen molar-refractivity contribution in [2.45, 2.75) is 64.6 Å². The average Bonchev–Trinajstić information content (AvgIpc) is 2.92. The van der Waals surface area contributed by atoms with Crippen LogP contribution >= 0.6 is 0 Å². The highest BCUT2D eigenvalue weighted by Gasteiger charge is 2.52. The van der Waals surface area contributed by atoms with Gasteiger partial charge in [-0.05, 0) is 53.4 Å². The summed E-state index contributed by atoms with van der Waals surface area (Å²) in [4.78, 5) is 11.6. The molecule has 0 aromatic rings. The van der Waals surface area contributed by atoms with Crippen molar-refractivity contribution < 1.29 is 14.6 Å². The second-order valence-electron chi connectivity index (χ2n) is 6.25. The molecular formula is C13H25NO3. The molecule has 1 aliphatic carbocycles. The Morgan fingerprint density at radius 2 is 1.94 bits per heavy atom. The number of carboxylic acid groups (broad SMARTS) is 1. The summed E-state index contributed by atoms with van der Waals surface area (Å²) < 4.78 is 5.72. The van der Waals surface area contributed by atoms with Crippen molar-refractivity contribution in [3.63, 3.8) is 0 Å². The van der Waals surface area contributed by atoms with Gasteiger partial charge < -0.3 is 9.84 Å². The van der Waals surface area contributed by atoms with E-state index in [0.717, 1.165) is 12.8 Å². The molecule has 1 aliphatic rings. The fourth-order valence-electron chi connectivity index (χ4n) is 2.00. The molecule has 0 radical (unpaired) electrons. The Kier molecular flexibility index (Phi) is 4.20. The third-order valence-electron chi connectivity index (χ3n) is 2.93. The molecule has 0 spiro atoms. The molecule has 1 unspecified atom stereocenters. The second-order valence-corrected chi connectivity index (χ2v) is 6.25. The normalized spacial score (nSPS) is 20.4. The first-order valence-corrected chi connectivity index (χ1v) is 6.32. The summed E-state index contributed by atoms with van der Waals surface area (Å²) in [6.07, 6.45) is 1.94. The zero-order valence-electron chi connectivity index (χ0n) is 11.5. The fraction of sp³-hybridized carbons (Fsp3) is 0.923. The Bertz CT molecular complexity index is 279. The minimum Gasteiger partial charge on any atom is -0.480 e. The van der Waals surface area contributed by atoms with Crippen molar-refractivity contribution in [3.8, 4) is 0 Å². The van der Waals surface area contributed by atoms with E-state index in [1.165, 1.54) is 0 Å². The van der Waals surface area contributed by atoms with Crippen LogP contribution in [0.4, 0.5) is 0 Å². The summed E-state index contributed by atoms with van der Waals surface area (Å²) in [6.45, 7) is 10.0. The van der Waals surface area contributed by atoms with E-state index in [0.29, 0.717) is 0 Å². The Balaban J connectivity index is 2.79. The highest BCUT2D eigenvalue weighted by atomic mass is 16.5. The van der Waals surface area contributed by atoms with Crippen molar-refractivity contribution in [1.82, 2.24) is 5.32 Å². The van der Waals surface area contributed by atoms with Gasteiger partial charge in [-0.1, -0.05) is 0 Å². The van der Waals surface area contributed by atoms with E-state index in [2.05, 4.69) is 5.32 Å². The molecule has 4 nitrogen and oxygen atoms in total. The Hall–Kier alpha value is -0.610. The van der Waals surface area contributed by atoms with Gasteiger partial charge in [0.2, 0.25) is 0 Å². The summed E-state index contributed by atoms with van der Waals surface area (Å²) in [7, 11) is 0. The minimum absolute atomic E-state index is 0.135. The van der Waals surface area contributed by atoms with Gasteiger partial charge in [-0.25, -0.2) is 0 Å². The Morgan fingerprint density at radius 3 is 2.24 bits per heavy atom. The van der Waals surface area contributed by atoms with Crippen molar-refractivity contribution in [2.75, 3.05) is 6.61 Å². The van der Waals surface area contributed by atoms with Crippen LogP contribution in [0, 0.1) is 5.92 Å². The molecule has 100 valence electrons. The van der Waals surface area contributed by atoms with Crippen molar-refractivity contribution in [2.24, 2.45) is 5.92 Å². The quantitative estimate of drug-likeness (QED) is 0.749. The lowest BCUT2D eigenvalue weighted by molar-refractivity contribution is -0.152. The topological polar surface area (TPSA) is 58.6 Å². The van der Waals surface area contributed by atoms with Gasteiger partial charge in [0.1, 0.15) is 5.54 Å². The standard InChI is InChI=1S/C13H25NO3/c1-9(2)14-13(11(15)16,10-6-7-10)8-17-12(3,4)5/h9-10,14H,6-8H2,1-5H3,(H,15,16). The smallest absolute Gasteiger partial charge is 0.326 e. The van der Waals surface area contributed by atoms with Gasteiger partial charge in [0.05, 0.1) is 12.2 Å². The predicted octanol–water partition coefficient (Wildman–Crippen LogP) is 2.03. The van der Waals surface area contributed by atoms with Crippen LogP contribution in [0.5, 0.6) is 0 Å². The van der Waals surface area contributed by atoms with Crippen LogP contribution in [-0.4, -0.2) is 34.9 Å². The average molecular weight is 243 g/mol. The molecule has 4 heteroatoms. The lowest BCUT2D eigenvalue weighted by Gasteiger charge is -2.35. The number of hydrogen-bond donors (Lipinski definition) is 2. The summed E-state index contributed by atoms with van der Waals surface area (Å²) in [5.74, 6) is -0.595. The van der Waals surface area contributed by atoms with E-state index >= 15 is 0 Å². The van der Waals surface area contributed by atoms with Crippen LogP contribution in [-0.2, 0) is 9.53 Å². The van der Waals surface area contributed by atoms with Crippen LogP contribution in [0.1, 0.15) is 47.5 Å². The van der Waals surface area contributed by atoms with E-state index in [9.17, 15) is 9.90 Å². The first kappa shape index (κ1) is 14.5. The van der Waals surface area contributed by atoms with Crippen LogP contribution < -0.4 is 5.32 Å². The van der Waals surface area contributed by atoms with Crippen LogP contribution in [0.15, 0.2) is 0 Å². The molecular weight excluding hydrogens is 218 g/mol. The summed E-state index contributed by atoms with van der Waals surface area (Å²) in [5, 5.41) is 12.7. The summed E-state index contributed by atoms with van der Waals surface area (Å²) in [5.41, 5.74) is -1.23. The molecule has 0 bridgehead atoms. The van der Waals surface area contributed by atoms with Gasteiger partial charge in [0, 0.05) is 6.04 Å². The molecule has 1 fully saturated rings. The Labute approximate surface area is 104 Å². The summed E-state index contributed by atoms with van der Waals surface area (Å²) >= 11 is 0. The van der Waals surface area contributed by atoms with Crippen LogP contribution in [0.2, 0.25) is 0 Å². The van der Waals surface area contributed by atoms with E-state index in [1.54, 1.807) is 0 Å². The lowest BCUT2D eigenvalue weighted by atomic mass is 9.93. The molecule has 0 aliphatic heterocycles. The van der Waals surface area contributed by atoms with E-state index in [1.807, 2.05) is 34.6 Å². The van der Waals surface area contributed by atoms with E-state index in [-0.39, 0.29) is 24.2 Å². The molecule has 17 heavy (non-hydrogen) atoms. The SMILES string of the molecule is CC(C)NC(COC(C)(C)C)(C(=O)O)C1CC1. The van der Waals surface area contributed by atoms with Crippen molar-refractivity contribution >= 4 is 5.97 Å². The molecule has 0 aromatic heterocycles. The van der Waals surface area contributed by atoms with Gasteiger partial charge in [0.25, 0.3) is 0 Å². The van der Waals surface area contributed by atoms with Crippen LogP contribution in [0.3, 0.4) is 0 Å². The first-order chi connectivity index (χ1) is 7.67. The number of rotatable bonds is 6. The third kappa shape index (κ3) is 3.96. The number of hydrogen-bond acceptors (Lipinski definition) is 3. The van der Waals surface area contributed by atoms with Gasteiger partial charge in [-0.2, -0.15) is 0 Å². The monoisotopic (exact) mass is 243 g/mol. The molecule has 2 N–H and O–H groups in total. The number of aliphatic carboxylic acids is 1. The van der Waals surface area contributed by atoms with Crippen molar-refractivity contribution in [1.29, 1.82) is 0 Å². The predicted molar refractivity (Wildman–Crippen MR) is 67.1 cm³/mol. The maximum atomic E-state index is 11.6.